The van der Waals surface area contributed by atoms with Gasteiger partial charge in [0, 0.05) is 12.1 Å². The van der Waals surface area contributed by atoms with Gasteiger partial charge in [-0.25, -0.2) is 4.79 Å². The van der Waals surface area contributed by atoms with E-state index in [0.29, 0.717) is 23.5 Å². The lowest BCUT2D eigenvalue weighted by molar-refractivity contribution is 0.0601. The van der Waals surface area contributed by atoms with E-state index < -0.39 is 5.97 Å². The molecule has 1 aromatic carbocycles. The summed E-state index contributed by atoms with van der Waals surface area (Å²) in [6.07, 6.45) is 0. The Balaban J connectivity index is 2.98. The molecule has 106 valence electrons. The van der Waals surface area contributed by atoms with Gasteiger partial charge in [0.15, 0.2) is 0 Å². The number of carbonyl (C=O) groups excluding carboxylic acids is 1. The fraction of sp³-hybridized carbons (Fsp3) is 0.500. The normalized spacial score (nSPS) is 11.5. The van der Waals surface area contributed by atoms with Crippen LogP contribution >= 0.6 is 0 Å². The van der Waals surface area contributed by atoms with E-state index in [1.165, 1.54) is 7.11 Å². The van der Waals surface area contributed by atoms with E-state index in [1.807, 2.05) is 14.1 Å². The molecule has 0 radical (unpaired) electrons. The van der Waals surface area contributed by atoms with Crippen LogP contribution < -0.4 is 11.1 Å². The highest BCUT2D eigenvalue weighted by atomic mass is 16.5. The van der Waals surface area contributed by atoms with Crippen molar-refractivity contribution in [3.05, 3.63) is 23.8 Å². The number of methoxy groups -OCH3 is 1. The Bertz CT molecular complexity index is 456. The highest BCUT2D eigenvalue weighted by molar-refractivity contribution is 5.98. The molecule has 19 heavy (non-hydrogen) atoms. The predicted octanol–water partition coefficient (Wildman–Crippen LogP) is 1.81. The second-order valence-corrected chi connectivity index (χ2v) is 5.32. The molecule has 0 saturated carbocycles. The summed E-state index contributed by atoms with van der Waals surface area (Å²) >= 11 is 0. The summed E-state index contributed by atoms with van der Waals surface area (Å²) in [6.45, 7) is 4.88. The van der Waals surface area contributed by atoms with Crippen molar-refractivity contribution < 1.29 is 9.53 Å². The number of ether oxygens (including phenoxy) is 1. The molecule has 0 fully saturated rings. The van der Waals surface area contributed by atoms with E-state index >= 15 is 0 Å². The number of nitrogens with two attached hydrogens (primary N) is 1. The van der Waals surface area contributed by atoms with Crippen molar-refractivity contribution >= 4 is 17.3 Å². The van der Waals surface area contributed by atoms with Gasteiger partial charge in [0.1, 0.15) is 0 Å². The summed E-state index contributed by atoms with van der Waals surface area (Å²) in [7, 11) is 5.38. The lowest BCUT2D eigenvalue weighted by Crippen LogP contribution is -2.44. The van der Waals surface area contributed by atoms with Gasteiger partial charge in [-0.15, -0.1) is 0 Å². The molecular weight excluding hydrogens is 242 g/mol. The van der Waals surface area contributed by atoms with Crippen LogP contribution in [-0.4, -0.2) is 44.2 Å². The van der Waals surface area contributed by atoms with E-state index in [9.17, 15) is 4.79 Å². The maximum Gasteiger partial charge on any atom is 0.340 e. The van der Waals surface area contributed by atoms with Gasteiger partial charge in [-0.3, -0.25) is 0 Å². The number of nitrogens with one attached hydrogen (secondary N) is 1. The minimum Gasteiger partial charge on any atom is -0.465 e. The van der Waals surface area contributed by atoms with E-state index in [0.717, 1.165) is 0 Å². The molecule has 0 bridgehead atoms. The lowest BCUT2D eigenvalue weighted by atomic mass is 10.0. The highest BCUT2D eigenvalue weighted by Gasteiger charge is 2.22. The minimum atomic E-state index is -0.391. The molecule has 3 N–H and O–H groups in total. The molecule has 0 saturated heterocycles. The molecule has 5 heteroatoms. The Kier molecular flexibility index (Phi) is 4.78. The Morgan fingerprint density at radius 1 is 1.42 bits per heavy atom. The number of nitrogens with zero attached hydrogens (tertiary/aromatic N) is 1. The number of nitrogen functional groups attached to an aromatic ring is 1. The Hall–Kier alpha value is -1.75. The Morgan fingerprint density at radius 3 is 2.58 bits per heavy atom. The van der Waals surface area contributed by atoms with E-state index in [2.05, 4.69) is 24.1 Å². The van der Waals surface area contributed by atoms with Gasteiger partial charge in [0.2, 0.25) is 0 Å². The maximum atomic E-state index is 11.7. The first kappa shape index (κ1) is 15.3. The molecule has 0 heterocycles. The van der Waals surface area contributed by atoms with Crippen molar-refractivity contribution in [1.82, 2.24) is 4.90 Å². The summed E-state index contributed by atoms with van der Waals surface area (Å²) in [5, 5.41) is 3.25. The number of rotatable bonds is 5. The predicted molar refractivity (Wildman–Crippen MR) is 78.4 cm³/mol. The molecule has 0 aliphatic carbocycles. The van der Waals surface area contributed by atoms with E-state index in [4.69, 9.17) is 10.5 Å². The molecule has 1 aromatic rings. The fourth-order valence-electron chi connectivity index (χ4n) is 1.51. The summed E-state index contributed by atoms with van der Waals surface area (Å²) in [5.41, 5.74) is 7.50. The van der Waals surface area contributed by atoms with Gasteiger partial charge < -0.3 is 20.7 Å². The molecule has 5 nitrogen and oxygen atoms in total. The van der Waals surface area contributed by atoms with Crippen LogP contribution in [0.2, 0.25) is 0 Å². The van der Waals surface area contributed by atoms with Crippen LogP contribution in [0, 0.1) is 0 Å². The number of hydrogen-bond acceptors (Lipinski definition) is 5. The van der Waals surface area contributed by atoms with Gasteiger partial charge in [0.05, 0.1) is 24.0 Å². The van der Waals surface area contributed by atoms with Crippen molar-refractivity contribution in [1.29, 1.82) is 0 Å². The quantitative estimate of drug-likeness (QED) is 0.628. The number of esters is 1. The monoisotopic (exact) mass is 265 g/mol. The summed E-state index contributed by atoms with van der Waals surface area (Å²) < 4.78 is 4.77. The van der Waals surface area contributed by atoms with Crippen molar-refractivity contribution in [2.75, 3.05) is 38.8 Å². The molecule has 1 rings (SSSR count). The van der Waals surface area contributed by atoms with Crippen LogP contribution in [0.5, 0.6) is 0 Å². The molecule has 0 aromatic heterocycles. The van der Waals surface area contributed by atoms with Gasteiger partial charge in [0.25, 0.3) is 0 Å². The second-order valence-electron chi connectivity index (χ2n) is 5.32. The lowest BCUT2D eigenvalue weighted by Gasteiger charge is -2.33. The van der Waals surface area contributed by atoms with Crippen LogP contribution in [0.15, 0.2) is 18.2 Å². The largest absolute Gasteiger partial charge is 0.465 e. The zero-order chi connectivity index (χ0) is 14.6. The van der Waals surface area contributed by atoms with Crippen LogP contribution in [-0.2, 0) is 4.74 Å². The average Bonchev–Trinajstić information content (AvgIpc) is 2.35. The number of likely N-dealkylation sites (N-methyl/N-ethyl adjacent to an activating group) is 1. The molecule has 0 aliphatic heterocycles. The third-order valence-electron chi connectivity index (χ3n) is 3.41. The zero-order valence-corrected chi connectivity index (χ0v) is 12.3. The summed E-state index contributed by atoms with van der Waals surface area (Å²) in [6, 6.07) is 5.20. The van der Waals surface area contributed by atoms with Gasteiger partial charge in [-0.1, -0.05) is 6.07 Å². The van der Waals surface area contributed by atoms with Crippen LogP contribution in [0.25, 0.3) is 0 Å². The number of anilines is 2. The number of benzene rings is 1. The average molecular weight is 265 g/mol. The zero-order valence-electron chi connectivity index (χ0n) is 12.3. The molecule has 0 amide bonds. The smallest absolute Gasteiger partial charge is 0.340 e. The van der Waals surface area contributed by atoms with Crippen LogP contribution in [0.4, 0.5) is 11.4 Å². The Morgan fingerprint density at radius 2 is 2.05 bits per heavy atom. The molecule has 0 unspecified atom stereocenters. The van der Waals surface area contributed by atoms with Crippen molar-refractivity contribution in [2.24, 2.45) is 0 Å². The summed E-state index contributed by atoms with van der Waals surface area (Å²) in [5.74, 6) is -0.391. The number of para-hydroxylation sites is 1. The topological polar surface area (TPSA) is 67.6 Å². The first-order valence-corrected chi connectivity index (χ1v) is 6.17. The van der Waals surface area contributed by atoms with Gasteiger partial charge >= 0.3 is 5.97 Å². The number of carbonyl (C=O) groups is 1. The highest BCUT2D eigenvalue weighted by Crippen LogP contribution is 2.25. The molecule has 0 aliphatic rings. The van der Waals surface area contributed by atoms with Gasteiger partial charge in [-0.2, -0.15) is 0 Å². The molecular formula is C14H23N3O2. The minimum absolute atomic E-state index is 0.0599. The van der Waals surface area contributed by atoms with Crippen molar-refractivity contribution in [3.8, 4) is 0 Å². The third-order valence-corrected chi connectivity index (χ3v) is 3.41. The standard InChI is InChI=1S/C14H23N3O2/c1-14(2,17(3)4)9-16-12-10(13(18)19-5)7-6-8-11(12)15/h6-8,16H,9,15H2,1-5H3. The summed E-state index contributed by atoms with van der Waals surface area (Å²) in [4.78, 5) is 13.8. The van der Waals surface area contributed by atoms with Crippen molar-refractivity contribution in [3.63, 3.8) is 0 Å². The van der Waals surface area contributed by atoms with Crippen LogP contribution in [0.3, 0.4) is 0 Å². The second kappa shape index (κ2) is 5.93. The first-order valence-electron chi connectivity index (χ1n) is 6.17. The SMILES string of the molecule is COC(=O)c1cccc(N)c1NCC(C)(C)N(C)C. The fourth-order valence-corrected chi connectivity index (χ4v) is 1.51. The molecule has 0 spiro atoms. The Labute approximate surface area is 114 Å². The maximum absolute atomic E-state index is 11.7. The first-order chi connectivity index (χ1) is 8.79. The van der Waals surface area contributed by atoms with Crippen molar-refractivity contribution in [2.45, 2.75) is 19.4 Å². The van der Waals surface area contributed by atoms with E-state index in [1.54, 1.807) is 18.2 Å². The molecule has 0 atom stereocenters. The van der Waals surface area contributed by atoms with Gasteiger partial charge in [-0.05, 0) is 40.1 Å². The third kappa shape index (κ3) is 3.61. The number of hydrogen-bond donors (Lipinski definition) is 2. The van der Waals surface area contributed by atoms with Crippen LogP contribution in [0.1, 0.15) is 24.2 Å². The van der Waals surface area contributed by atoms with E-state index in [-0.39, 0.29) is 5.54 Å².